The average Bonchev–Trinajstić information content (AvgIpc) is 2.88. The molecule has 0 aliphatic rings. The Morgan fingerprint density at radius 3 is 2.70 bits per heavy atom. The summed E-state index contributed by atoms with van der Waals surface area (Å²) in [6.45, 7) is 6.80. The lowest BCUT2D eigenvalue weighted by Crippen LogP contribution is -2.16. The van der Waals surface area contributed by atoms with E-state index in [1.54, 1.807) is 6.33 Å². The first-order valence-electron chi connectivity index (χ1n) is 6.48. The fourth-order valence-electron chi connectivity index (χ4n) is 1.89. The van der Waals surface area contributed by atoms with E-state index in [1.807, 2.05) is 43.5 Å². The van der Waals surface area contributed by atoms with Crippen molar-refractivity contribution < 1.29 is 4.79 Å². The summed E-state index contributed by atoms with van der Waals surface area (Å²) in [6, 6.07) is 5.96. The van der Waals surface area contributed by atoms with Crippen molar-refractivity contribution in [2.45, 2.75) is 32.5 Å². The molecular weight excluding hydrogens is 272 g/mol. The summed E-state index contributed by atoms with van der Waals surface area (Å²) >= 11 is 1.39. The summed E-state index contributed by atoms with van der Waals surface area (Å²) in [5, 5.41) is 11.6. The number of para-hydroxylation sites is 1. The molecule has 106 valence electrons. The molecule has 2 rings (SSSR count). The number of carbonyl (C=O) groups excluding carboxylic acids is 1. The Morgan fingerprint density at radius 1 is 1.35 bits per heavy atom. The zero-order valence-corrected chi connectivity index (χ0v) is 12.7. The first-order chi connectivity index (χ1) is 9.61. The van der Waals surface area contributed by atoms with E-state index in [-0.39, 0.29) is 5.91 Å². The van der Waals surface area contributed by atoms with E-state index in [2.05, 4.69) is 15.5 Å². The molecule has 2 aromatic rings. The molecule has 20 heavy (non-hydrogen) atoms. The Hall–Kier alpha value is -1.82. The summed E-state index contributed by atoms with van der Waals surface area (Å²) in [5.74, 6) is 0.296. The number of aromatic nitrogens is 3. The van der Waals surface area contributed by atoms with E-state index in [0.717, 1.165) is 28.5 Å². The average molecular weight is 290 g/mol. The molecule has 6 heteroatoms. The maximum Gasteiger partial charge on any atom is 0.234 e. The third-order valence-corrected chi connectivity index (χ3v) is 3.98. The van der Waals surface area contributed by atoms with Crippen molar-refractivity contribution in [3.05, 3.63) is 35.7 Å². The van der Waals surface area contributed by atoms with Crippen molar-refractivity contribution in [1.29, 1.82) is 0 Å². The van der Waals surface area contributed by atoms with Gasteiger partial charge in [-0.25, -0.2) is 0 Å². The van der Waals surface area contributed by atoms with Gasteiger partial charge in [-0.15, -0.1) is 10.2 Å². The van der Waals surface area contributed by atoms with E-state index in [0.29, 0.717) is 5.75 Å². The van der Waals surface area contributed by atoms with Crippen LogP contribution >= 0.6 is 11.8 Å². The monoisotopic (exact) mass is 290 g/mol. The molecule has 1 aromatic heterocycles. The van der Waals surface area contributed by atoms with Crippen LogP contribution in [0.5, 0.6) is 0 Å². The predicted octanol–water partition coefficient (Wildman–Crippen LogP) is 2.65. The fourth-order valence-corrected chi connectivity index (χ4v) is 2.67. The van der Waals surface area contributed by atoms with Crippen LogP contribution in [0.3, 0.4) is 0 Å². The zero-order chi connectivity index (χ0) is 14.5. The Kier molecular flexibility index (Phi) is 4.79. The number of hydrogen-bond acceptors (Lipinski definition) is 4. The number of benzene rings is 1. The van der Waals surface area contributed by atoms with Crippen molar-refractivity contribution in [3.63, 3.8) is 0 Å². The van der Waals surface area contributed by atoms with E-state index >= 15 is 0 Å². The van der Waals surface area contributed by atoms with Gasteiger partial charge in [-0.05, 0) is 31.9 Å². The molecule has 0 bridgehead atoms. The zero-order valence-electron chi connectivity index (χ0n) is 11.9. The van der Waals surface area contributed by atoms with Gasteiger partial charge in [-0.1, -0.05) is 30.0 Å². The molecule has 0 fully saturated rings. The largest absolute Gasteiger partial charge is 0.325 e. The smallest absolute Gasteiger partial charge is 0.234 e. The van der Waals surface area contributed by atoms with Crippen molar-refractivity contribution in [3.8, 4) is 0 Å². The van der Waals surface area contributed by atoms with Crippen LogP contribution in [-0.2, 0) is 11.3 Å². The quantitative estimate of drug-likeness (QED) is 0.860. The lowest BCUT2D eigenvalue weighted by molar-refractivity contribution is -0.113. The molecular formula is C14H18N4OS. The van der Waals surface area contributed by atoms with Gasteiger partial charge in [-0.2, -0.15) is 0 Å². The van der Waals surface area contributed by atoms with Crippen LogP contribution in [0.2, 0.25) is 0 Å². The topological polar surface area (TPSA) is 59.8 Å². The van der Waals surface area contributed by atoms with Gasteiger partial charge in [0.15, 0.2) is 5.16 Å². The number of thioether (sulfide) groups is 1. The van der Waals surface area contributed by atoms with Crippen LogP contribution in [0, 0.1) is 13.8 Å². The molecule has 0 spiro atoms. The normalized spacial score (nSPS) is 10.6. The summed E-state index contributed by atoms with van der Waals surface area (Å²) in [4.78, 5) is 12.0. The van der Waals surface area contributed by atoms with Crippen LogP contribution in [0.15, 0.2) is 29.7 Å². The molecule has 0 unspecified atom stereocenters. The maximum absolute atomic E-state index is 12.0. The molecule has 5 nitrogen and oxygen atoms in total. The van der Waals surface area contributed by atoms with E-state index in [1.165, 1.54) is 11.8 Å². The van der Waals surface area contributed by atoms with Gasteiger partial charge in [-0.3, -0.25) is 4.79 Å². The SMILES string of the molecule is CCn1cnnc1SCC(=O)Nc1c(C)cccc1C. The number of hydrogen-bond donors (Lipinski definition) is 1. The number of nitrogens with one attached hydrogen (secondary N) is 1. The Labute approximate surface area is 122 Å². The molecule has 1 N–H and O–H groups in total. The highest BCUT2D eigenvalue weighted by Crippen LogP contribution is 2.20. The number of rotatable bonds is 5. The summed E-state index contributed by atoms with van der Waals surface area (Å²) in [7, 11) is 0. The third kappa shape index (κ3) is 3.39. The summed E-state index contributed by atoms with van der Waals surface area (Å²) in [6.07, 6.45) is 1.67. The first kappa shape index (κ1) is 14.6. The molecule has 1 heterocycles. The van der Waals surface area contributed by atoms with Crippen molar-refractivity contribution >= 4 is 23.4 Å². The van der Waals surface area contributed by atoms with Gasteiger partial charge in [0.2, 0.25) is 5.91 Å². The van der Waals surface area contributed by atoms with E-state index in [9.17, 15) is 4.79 Å². The molecule has 0 atom stereocenters. The Bertz CT molecular complexity index is 589. The van der Waals surface area contributed by atoms with Gasteiger partial charge in [0, 0.05) is 12.2 Å². The fraction of sp³-hybridized carbons (Fsp3) is 0.357. The molecule has 1 aromatic carbocycles. The summed E-state index contributed by atoms with van der Waals surface area (Å²) in [5.41, 5.74) is 3.04. The minimum atomic E-state index is -0.0296. The highest BCUT2D eigenvalue weighted by molar-refractivity contribution is 7.99. The molecule has 1 amide bonds. The van der Waals surface area contributed by atoms with Crippen molar-refractivity contribution in [2.75, 3.05) is 11.1 Å². The van der Waals surface area contributed by atoms with Crippen LogP contribution in [0.25, 0.3) is 0 Å². The van der Waals surface area contributed by atoms with E-state index < -0.39 is 0 Å². The van der Waals surface area contributed by atoms with E-state index in [4.69, 9.17) is 0 Å². The van der Waals surface area contributed by atoms with Gasteiger partial charge in [0.1, 0.15) is 6.33 Å². The molecule has 0 aliphatic heterocycles. The summed E-state index contributed by atoms with van der Waals surface area (Å²) < 4.78 is 1.91. The lowest BCUT2D eigenvalue weighted by atomic mass is 10.1. The van der Waals surface area contributed by atoms with Gasteiger partial charge < -0.3 is 9.88 Å². The molecule has 0 aliphatic carbocycles. The number of anilines is 1. The minimum absolute atomic E-state index is 0.0296. The lowest BCUT2D eigenvalue weighted by Gasteiger charge is -2.11. The van der Waals surface area contributed by atoms with Gasteiger partial charge in [0.05, 0.1) is 5.75 Å². The second kappa shape index (κ2) is 6.56. The van der Waals surface area contributed by atoms with Crippen LogP contribution in [0.4, 0.5) is 5.69 Å². The van der Waals surface area contributed by atoms with Crippen LogP contribution in [-0.4, -0.2) is 26.4 Å². The highest BCUT2D eigenvalue weighted by atomic mass is 32.2. The third-order valence-electron chi connectivity index (χ3n) is 3.00. The minimum Gasteiger partial charge on any atom is -0.325 e. The number of carbonyl (C=O) groups is 1. The van der Waals surface area contributed by atoms with Gasteiger partial charge >= 0.3 is 0 Å². The molecule has 0 saturated carbocycles. The predicted molar refractivity (Wildman–Crippen MR) is 81.0 cm³/mol. The number of aryl methyl sites for hydroxylation is 3. The molecule has 0 saturated heterocycles. The number of nitrogens with zero attached hydrogens (tertiary/aromatic N) is 3. The van der Waals surface area contributed by atoms with Gasteiger partial charge in [0.25, 0.3) is 0 Å². The highest BCUT2D eigenvalue weighted by Gasteiger charge is 2.10. The van der Waals surface area contributed by atoms with Crippen LogP contribution < -0.4 is 5.32 Å². The Balaban J connectivity index is 1.96. The standard InChI is InChI=1S/C14H18N4OS/c1-4-18-9-15-17-14(18)20-8-12(19)16-13-10(2)6-5-7-11(13)3/h5-7,9H,4,8H2,1-3H3,(H,16,19). The molecule has 0 radical (unpaired) electrons. The van der Waals surface area contributed by atoms with Crippen molar-refractivity contribution in [1.82, 2.24) is 14.8 Å². The number of amides is 1. The van der Waals surface area contributed by atoms with Crippen LogP contribution in [0.1, 0.15) is 18.1 Å². The Morgan fingerprint density at radius 2 is 2.05 bits per heavy atom. The van der Waals surface area contributed by atoms with Crippen molar-refractivity contribution in [2.24, 2.45) is 0 Å². The maximum atomic E-state index is 12.0. The second-order valence-corrected chi connectivity index (χ2v) is 5.45. The second-order valence-electron chi connectivity index (χ2n) is 4.50. The first-order valence-corrected chi connectivity index (χ1v) is 7.47.